The second-order valence-corrected chi connectivity index (χ2v) is 5.05. The van der Waals surface area contributed by atoms with Crippen molar-refractivity contribution in [2.75, 3.05) is 26.4 Å². The maximum atomic E-state index is 10.9. The van der Waals surface area contributed by atoms with Crippen molar-refractivity contribution in [1.29, 1.82) is 0 Å². The highest BCUT2D eigenvalue weighted by Crippen LogP contribution is 2.21. The number of nitrogens with two attached hydrogens (primary N) is 1. The third-order valence-corrected chi connectivity index (χ3v) is 3.06. The molecule has 0 fully saturated rings. The number of nitrogen functional groups attached to an aromatic ring is 1. The van der Waals surface area contributed by atoms with Gasteiger partial charge in [0.25, 0.3) is 0 Å². The molecule has 0 unspecified atom stereocenters. The van der Waals surface area contributed by atoms with E-state index >= 15 is 0 Å². The van der Waals surface area contributed by atoms with Crippen LogP contribution >= 0.6 is 0 Å². The van der Waals surface area contributed by atoms with Gasteiger partial charge in [0.05, 0.1) is 5.56 Å². The lowest BCUT2D eigenvalue weighted by Crippen LogP contribution is -2.43. The van der Waals surface area contributed by atoms with Gasteiger partial charge >= 0.3 is 5.97 Å². The van der Waals surface area contributed by atoms with E-state index in [9.17, 15) is 4.79 Å². The van der Waals surface area contributed by atoms with Crippen molar-refractivity contribution in [3.05, 3.63) is 23.8 Å². The van der Waals surface area contributed by atoms with Gasteiger partial charge in [-0.25, -0.2) is 4.79 Å². The van der Waals surface area contributed by atoms with Crippen molar-refractivity contribution in [3.63, 3.8) is 0 Å². The van der Waals surface area contributed by atoms with Crippen molar-refractivity contribution in [1.82, 2.24) is 4.90 Å². The molecule has 0 heterocycles. The van der Waals surface area contributed by atoms with Crippen molar-refractivity contribution >= 4 is 11.7 Å². The molecule has 0 aliphatic carbocycles. The minimum atomic E-state index is -1.05. The van der Waals surface area contributed by atoms with E-state index in [2.05, 4.69) is 0 Å². The minimum absolute atomic E-state index is 0.0650. The van der Waals surface area contributed by atoms with Crippen LogP contribution in [0.3, 0.4) is 0 Å². The molecule has 100 valence electrons. The highest BCUT2D eigenvalue weighted by molar-refractivity contribution is 5.94. The Morgan fingerprint density at radius 3 is 2.56 bits per heavy atom. The summed E-state index contributed by atoms with van der Waals surface area (Å²) in [6, 6.07) is 4.67. The number of carboxylic acid groups (broad SMARTS) is 1. The maximum Gasteiger partial charge on any atom is 0.337 e. The summed E-state index contributed by atoms with van der Waals surface area (Å²) in [5.41, 5.74) is 5.74. The smallest absolute Gasteiger partial charge is 0.337 e. The Bertz CT molecular complexity index is 442. The first-order valence-corrected chi connectivity index (χ1v) is 5.67. The summed E-state index contributed by atoms with van der Waals surface area (Å²) in [5.74, 6) is -0.540. The quantitative estimate of drug-likeness (QED) is 0.780. The third kappa shape index (κ3) is 3.37. The minimum Gasteiger partial charge on any atom is -0.492 e. The fourth-order valence-corrected chi connectivity index (χ4v) is 1.20. The molecule has 0 saturated carbocycles. The molecule has 0 aliphatic heterocycles. The van der Waals surface area contributed by atoms with E-state index in [-0.39, 0.29) is 16.8 Å². The Hall–Kier alpha value is -1.75. The lowest BCUT2D eigenvalue weighted by atomic mass is 10.1. The molecule has 5 nitrogen and oxygen atoms in total. The van der Waals surface area contributed by atoms with Crippen molar-refractivity contribution in [2.45, 2.75) is 19.4 Å². The molecule has 0 radical (unpaired) electrons. The highest BCUT2D eigenvalue weighted by atomic mass is 16.5. The van der Waals surface area contributed by atoms with Gasteiger partial charge in [-0.2, -0.15) is 0 Å². The number of benzene rings is 1. The molecule has 1 rings (SSSR count). The molecule has 0 atom stereocenters. The zero-order chi connectivity index (χ0) is 13.9. The summed E-state index contributed by atoms with van der Waals surface area (Å²) in [7, 11) is 3.93. The zero-order valence-corrected chi connectivity index (χ0v) is 11.2. The summed E-state index contributed by atoms with van der Waals surface area (Å²) in [6.07, 6.45) is 0. The number of anilines is 1. The maximum absolute atomic E-state index is 10.9. The monoisotopic (exact) mass is 252 g/mol. The normalized spacial score (nSPS) is 11.6. The first-order valence-electron chi connectivity index (χ1n) is 5.67. The average Bonchev–Trinajstić information content (AvgIpc) is 2.27. The summed E-state index contributed by atoms with van der Waals surface area (Å²) in [6.45, 7) is 4.55. The van der Waals surface area contributed by atoms with E-state index in [4.69, 9.17) is 15.6 Å². The van der Waals surface area contributed by atoms with Gasteiger partial charge in [-0.15, -0.1) is 0 Å². The van der Waals surface area contributed by atoms with Gasteiger partial charge in [-0.3, -0.25) is 0 Å². The van der Waals surface area contributed by atoms with Crippen molar-refractivity contribution in [3.8, 4) is 5.75 Å². The van der Waals surface area contributed by atoms with E-state index in [1.807, 2.05) is 32.8 Å². The predicted molar refractivity (Wildman–Crippen MR) is 71.1 cm³/mol. The van der Waals surface area contributed by atoms with Gasteiger partial charge in [0.1, 0.15) is 12.4 Å². The number of carboxylic acids is 1. The third-order valence-electron chi connectivity index (χ3n) is 3.06. The molecule has 1 aromatic carbocycles. The summed E-state index contributed by atoms with van der Waals surface area (Å²) < 4.78 is 5.62. The van der Waals surface area contributed by atoms with E-state index in [0.29, 0.717) is 12.4 Å². The van der Waals surface area contributed by atoms with Crippen LogP contribution in [0.15, 0.2) is 18.2 Å². The highest BCUT2D eigenvalue weighted by Gasteiger charge is 2.21. The van der Waals surface area contributed by atoms with Crippen LogP contribution < -0.4 is 10.5 Å². The molecular formula is C13H20N2O3. The van der Waals surface area contributed by atoms with E-state index < -0.39 is 5.97 Å². The molecule has 5 heteroatoms. The second kappa shape index (κ2) is 5.27. The number of ether oxygens (including phenoxy) is 1. The molecule has 0 bridgehead atoms. The fraction of sp³-hybridized carbons (Fsp3) is 0.462. The molecule has 1 aromatic rings. The number of carbonyl (C=O) groups is 1. The summed E-state index contributed by atoms with van der Waals surface area (Å²) >= 11 is 0. The van der Waals surface area contributed by atoms with Crippen LogP contribution in [0.5, 0.6) is 5.75 Å². The molecule has 3 N–H and O–H groups in total. The van der Waals surface area contributed by atoms with Crippen LogP contribution in [0.4, 0.5) is 5.69 Å². The summed E-state index contributed by atoms with van der Waals surface area (Å²) in [4.78, 5) is 13.0. The van der Waals surface area contributed by atoms with Gasteiger partial charge in [-0.05, 0) is 46.1 Å². The van der Waals surface area contributed by atoms with E-state index in [0.717, 1.165) is 0 Å². The number of rotatable bonds is 5. The SMILES string of the molecule is CN(C)C(C)(C)COc1ccc(N)c(C(=O)O)c1. The Kier molecular flexibility index (Phi) is 4.19. The number of nitrogens with zero attached hydrogens (tertiary/aromatic N) is 1. The van der Waals surface area contributed by atoms with Gasteiger partial charge in [0, 0.05) is 11.2 Å². The Labute approximate surface area is 107 Å². The molecule has 0 spiro atoms. The zero-order valence-electron chi connectivity index (χ0n) is 11.2. The standard InChI is InChI=1S/C13H20N2O3/c1-13(2,15(3)4)8-18-9-5-6-11(14)10(7-9)12(16)17/h5-7H,8,14H2,1-4H3,(H,16,17). The fourth-order valence-electron chi connectivity index (χ4n) is 1.20. The molecule has 0 saturated heterocycles. The number of hydrogen-bond donors (Lipinski definition) is 2. The predicted octanol–water partition coefficient (Wildman–Crippen LogP) is 1.69. The number of aromatic carboxylic acids is 1. The number of likely N-dealkylation sites (N-methyl/N-ethyl adjacent to an activating group) is 1. The lowest BCUT2D eigenvalue weighted by molar-refractivity contribution is 0.0697. The van der Waals surface area contributed by atoms with Crippen LogP contribution in [-0.4, -0.2) is 42.2 Å². The second-order valence-electron chi connectivity index (χ2n) is 5.05. The number of hydrogen-bond acceptors (Lipinski definition) is 4. The first kappa shape index (κ1) is 14.3. The van der Waals surface area contributed by atoms with Gasteiger partial charge in [0.2, 0.25) is 0 Å². The molecular weight excluding hydrogens is 232 g/mol. The molecule has 0 aliphatic rings. The van der Waals surface area contributed by atoms with Gasteiger partial charge in [0.15, 0.2) is 0 Å². The average molecular weight is 252 g/mol. The van der Waals surface area contributed by atoms with E-state index in [1.54, 1.807) is 12.1 Å². The lowest BCUT2D eigenvalue weighted by Gasteiger charge is -2.32. The Morgan fingerprint density at radius 1 is 1.44 bits per heavy atom. The largest absolute Gasteiger partial charge is 0.492 e. The topological polar surface area (TPSA) is 75.8 Å². The van der Waals surface area contributed by atoms with Crippen LogP contribution in [-0.2, 0) is 0 Å². The van der Waals surface area contributed by atoms with E-state index in [1.165, 1.54) is 6.07 Å². The Morgan fingerprint density at radius 2 is 2.06 bits per heavy atom. The van der Waals surface area contributed by atoms with Crippen molar-refractivity contribution < 1.29 is 14.6 Å². The van der Waals surface area contributed by atoms with Gasteiger partial charge < -0.3 is 20.5 Å². The van der Waals surface area contributed by atoms with Crippen LogP contribution in [0, 0.1) is 0 Å². The molecule has 18 heavy (non-hydrogen) atoms. The Balaban J connectivity index is 2.81. The molecule has 0 aromatic heterocycles. The van der Waals surface area contributed by atoms with Crippen molar-refractivity contribution in [2.24, 2.45) is 0 Å². The van der Waals surface area contributed by atoms with Crippen LogP contribution in [0.1, 0.15) is 24.2 Å². The summed E-state index contributed by atoms with van der Waals surface area (Å²) in [5, 5.41) is 8.96. The molecule has 0 amide bonds. The van der Waals surface area contributed by atoms with Crippen LogP contribution in [0.2, 0.25) is 0 Å². The van der Waals surface area contributed by atoms with Crippen LogP contribution in [0.25, 0.3) is 0 Å². The van der Waals surface area contributed by atoms with Gasteiger partial charge in [-0.1, -0.05) is 0 Å². The first-order chi connectivity index (χ1) is 8.24.